The maximum absolute atomic E-state index is 9.56. The van der Waals surface area contributed by atoms with Crippen LogP contribution in [-0.4, -0.2) is 41.1 Å². The molecule has 5 heteroatoms. The zero-order valence-corrected chi connectivity index (χ0v) is 12.8. The van der Waals surface area contributed by atoms with Crippen LogP contribution in [0.4, 0.5) is 5.82 Å². The van der Waals surface area contributed by atoms with Gasteiger partial charge in [0.1, 0.15) is 5.82 Å². The van der Waals surface area contributed by atoms with Crippen molar-refractivity contribution in [3.05, 3.63) is 48.2 Å². The van der Waals surface area contributed by atoms with Gasteiger partial charge in [-0.1, -0.05) is 30.3 Å². The number of rotatable bonds is 7. The number of aliphatic hydroxyl groups excluding tert-OH is 1. The second-order valence-electron chi connectivity index (χ2n) is 6.04. The Morgan fingerprint density at radius 3 is 3.00 bits per heavy atom. The van der Waals surface area contributed by atoms with E-state index in [4.69, 9.17) is 0 Å². The molecule has 0 radical (unpaired) electrons. The fourth-order valence-corrected chi connectivity index (χ4v) is 2.96. The van der Waals surface area contributed by atoms with Gasteiger partial charge in [-0.3, -0.25) is 0 Å². The highest BCUT2D eigenvalue weighted by atomic mass is 16.3. The van der Waals surface area contributed by atoms with Crippen LogP contribution in [0.15, 0.2) is 42.6 Å². The van der Waals surface area contributed by atoms with Crippen molar-refractivity contribution >= 4 is 5.82 Å². The SMILES string of the molecule is OC[C@@H](CNC[C@H]1CNc2ccnn2C1)Cc1ccccc1. The molecule has 0 spiro atoms. The first kappa shape index (κ1) is 15.1. The number of benzene rings is 1. The van der Waals surface area contributed by atoms with Gasteiger partial charge in [-0.15, -0.1) is 0 Å². The largest absolute Gasteiger partial charge is 0.396 e. The first-order valence-electron chi connectivity index (χ1n) is 7.96. The van der Waals surface area contributed by atoms with E-state index < -0.39 is 0 Å². The van der Waals surface area contributed by atoms with Crippen LogP contribution in [0.1, 0.15) is 5.56 Å². The van der Waals surface area contributed by atoms with Crippen molar-refractivity contribution < 1.29 is 5.11 Å². The van der Waals surface area contributed by atoms with Crippen LogP contribution in [-0.2, 0) is 13.0 Å². The molecule has 0 saturated heterocycles. The van der Waals surface area contributed by atoms with Crippen LogP contribution in [0.2, 0.25) is 0 Å². The van der Waals surface area contributed by atoms with Gasteiger partial charge in [0, 0.05) is 44.8 Å². The Kier molecular flexibility index (Phi) is 5.08. The molecule has 1 aliphatic heterocycles. The van der Waals surface area contributed by atoms with Crippen molar-refractivity contribution in [3.63, 3.8) is 0 Å². The number of anilines is 1. The predicted molar refractivity (Wildman–Crippen MR) is 87.8 cm³/mol. The highest BCUT2D eigenvalue weighted by molar-refractivity contribution is 5.35. The molecule has 118 valence electrons. The van der Waals surface area contributed by atoms with Crippen molar-refractivity contribution in [1.82, 2.24) is 15.1 Å². The molecule has 2 aromatic rings. The summed E-state index contributed by atoms with van der Waals surface area (Å²) in [5.74, 6) is 1.90. The van der Waals surface area contributed by atoms with Crippen LogP contribution in [0, 0.1) is 11.8 Å². The molecule has 0 saturated carbocycles. The summed E-state index contributed by atoms with van der Waals surface area (Å²) in [6.07, 6.45) is 2.75. The smallest absolute Gasteiger partial charge is 0.124 e. The maximum Gasteiger partial charge on any atom is 0.124 e. The first-order valence-corrected chi connectivity index (χ1v) is 7.96. The van der Waals surface area contributed by atoms with Crippen LogP contribution >= 0.6 is 0 Å². The molecule has 3 N–H and O–H groups in total. The Bertz CT molecular complexity index is 569. The van der Waals surface area contributed by atoms with E-state index in [-0.39, 0.29) is 12.5 Å². The van der Waals surface area contributed by atoms with E-state index in [0.717, 1.165) is 38.4 Å². The van der Waals surface area contributed by atoms with Crippen molar-refractivity contribution in [2.24, 2.45) is 11.8 Å². The van der Waals surface area contributed by atoms with Gasteiger partial charge in [-0.05, 0) is 17.9 Å². The van der Waals surface area contributed by atoms with E-state index in [1.807, 2.05) is 35.1 Å². The molecule has 5 nitrogen and oxygen atoms in total. The van der Waals surface area contributed by atoms with E-state index >= 15 is 0 Å². The normalized spacial score (nSPS) is 18.5. The lowest BCUT2D eigenvalue weighted by Crippen LogP contribution is -2.37. The van der Waals surface area contributed by atoms with Crippen molar-refractivity contribution in [2.75, 3.05) is 31.6 Å². The Morgan fingerprint density at radius 1 is 1.32 bits per heavy atom. The average Bonchev–Trinajstić information content (AvgIpc) is 3.02. The first-order chi connectivity index (χ1) is 10.8. The maximum atomic E-state index is 9.56. The highest BCUT2D eigenvalue weighted by Crippen LogP contribution is 2.15. The molecule has 0 aliphatic carbocycles. The molecule has 0 unspecified atom stereocenters. The lowest BCUT2D eigenvalue weighted by molar-refractivity contribution is 0.219. The summed E-state index contributed by atoms with van der Waals surface area (Å²) in [5, 5.41) is 20.8. The minimum atomic E-state index is 0.216. The summed E-state index contributed by atoms with van der Waals surface area (Å²) in [4.78, 5) is 0. The van der Waals surface area contributed by atoms with Crippen molar-refractivity contribution in [1.29, 1.82) is 0 Å². The van der Waals surface area contributed by atoms with Crippen molar-refractivity contribution in [2.45, 2.75) is 13.0 Å². The van der Waals surface area contributed by atoms with Crippen LogP contribution in [0.5, 0.6) is 0 Å². The third kappa shape index (κ3) is 3.87. The summed E-state index contributed by atoms with van der Waals surface area (Å²) in [7, 11) is 0. The van der Waals surface area contributed by atoms with Gasteiger partial charge in [-0.2, -0.15) is 5.10 Å². The second-order valence-corrected chi connectivity index (χ2v) is 6.04. The molecule has 2 heterocycles. The van der Waals surface area contributed by atoms with E-state index in [1.165, 1.54) is 5.56 Å². The highest BCUT2D eigenvalue weighted by Gasteiger charge is 2.18. The number of hydrogen-bond donors (Lipinski definition) is 3. The Labute approximate surface area is 131 Å². The summed E-state index contributed by atoms with van der Waals surface area (Å²) < 4.78 is 2.02. The molecule has 0 bridgehead atoms. The van der Waals surface area contributed by atoms with Gasteiger partial charge in [0.15, 0.2) is 0 Å². The summed E-state index contributed by atoms with van der Waals surface area (Å²) >= 11 is 0. The summed E-state index contributed by atoms with van der Waals surface area (Å²) in [5.41, 5.74) is 1.28. The molecule has 0 fully saturated rings. The van der Waals surface area contributed by atoms with Crippen LogP contribution in [0.3, 0.4) is 0 Å². The van der Waals surface area contributed by atoms with Crippen LogP contribution in [0.25, 0.3) is 0 Å². The molecule has 2 atom stereocenters. The van der Waals surface area contributed by atoms with Gasteiger partial charge in [0.2, 0.25) is 0 Å². The molecule has 3 rings (SSSR count). The van der Waals surface area contributed by atoms with Crippen molar-refractivity contribution in [3.8, 4) is 0 Å². The van der Waals surface area contributed by atoms with E-state index in [0.29, 0.717) is 5.92 Å². The fourth-order valence-electron chi connectivity index (χ4n) is 2.96. The monoisotopic (exact) mass is 300 g/mol. The molecular formula is C17H24N4O. The third-order valence-corrected chi connectivity index (χ3v) is 4.21. The topological polar surface area (TPSA) is 62.1 Å². The predicted octanol–water partition coefficient (Wildman–Crippen LogP) is 1.37. The lowest BCUT2D eigenvalue weighted by Gasteiger charge is -2.26. The number of hydrogen-bond acceptors (Lipinski definition) is 4. The second kappa shape index (κ2) is 7.42. The standard InChI is InChI=1S/C17H24N4O/c22-13-15(8-14-4-2-1-3-5-14)9-18-10-16-11-19-17-6-7-20-21(17)12-16/h1-7,15-16,18-19,22H,8-13H2/t15-,16+/m1/s1. The van der Waals surface area contributed by atoms with Gasteiger partial charge >= 0.3 is 0 Å². The van der Waals surface area contributed by atoms with E-state index in [1.54, 1.807) is 0 Å². The Hall–Kier alpha value is -1.85. The number of nitrogens with one attached hydrogen (secondary N) is 2. The fraction of sp³-hybridized carbons (Fsp3) is 0.471. The minimum absolute atomic E-state index is 0.216. The van der Waals surface area contributed by atoms with Crippen LogP contribution < -0.4 is 10.6 Å². The average molecular weight is 300 g/mol. The molecule has 1 aliphatic rings. The number of aliphatic hydroxyl groups is 1. The Balaban J connectivity index is 1.42. The van der Waals surface area contributed by atoms with E-state index in [2.05, 4.69) is 27.9 Å². The molecule has 0 amide bonds. The van der Waals surface area contributed by atoms with Gasteiger partial charge in [0.25, 0.3) is 0 Å². The zero-order valence-electron chi connectivity index (χ0n) is 12.8. The summed E-state index contributed by atoms with van der Waals surface area (Å²) in [6, 6.07) is 12.4. The number of nitrogens with zero attached hydrogens (tertiary/aromatic N) is 2. The molecular weight excluding hydrogens is 276 g/mol. The van der Waals surface area contributed by atoms with Gasteiger partial charge < -0.3 is 15.7 Å². The summed E-state index contributed by atoms with van der Waals surface area (Å²) in [6.45, 7) is 3.92. The van der Waals surface area contributed by atoms with Gasteiger partial charge in [-0.25, -0.2) is 4.68 Å². The zero-order chi connectivity index (χ0) is 15.2. The molecule has 22 heavy (non-hydrogen) atoms. The number of aromatic nitrogens is 2. The molecule has 1 aromatic heterocycles. The molecule has 1 aromatic carbocycles. The Morgan fingerprint density at radius 2 is 2.18 bits per heavy atom. The third-order valence-electron chi connectivity index (χ3n) is 4.21. The number of fused-ring (bicyclic) bond motifs is 1. The lowest BCUT2D eigenvalue weighted by atomic mass is 9.99. The minimum Gasteiger partial charge on any atom is -0.396 e. The van der Waals surface area contributed by atoms with E-state index in [9.17, 15) is 5.11 Å². The van der Waals surface area contributed by atoms with Gasteiger partial charge in [0.05, 0.1) is 6.20 Å². The quantitative estimate of drug-likeness (QED) is 0.723.